The van der Waals surface area contributed by atoms with Crippen LogP contribution in [0.25, 0.3) is 11.4 Å². The van der Waals surface area contributed by atoms with Crippen LogP contribution in [-0.4, -0.2) is 64.8 Å². The van der Waals surface area contributed by atoms with Gasteiger partial charge >= 0.3 is 6.18 Å². The maximum Gasteiger partial charge on any atom is 0.416 e. The number of nitrogens with zero attached hydrogens (tertiary/aromatic N) is 6. The first-order valence-electron chi connectivity index (χ1n) is 12.9. The number of benzene rings is 1. The highest BCUT2D eigenvalue weighted by Gasteiger charge is 2.46. The van der Waals surface area contributed by atoms with E-state index in [4.69, 9.17) is 0 Å². The molecule has 3 aromatic rings. The lowest BCUT2D eigenvalue weighted by molar-refractivity contribution is -0.137. The molecule has 0 saturated carbocycles. The van der Waals surface area contributed by atoms with Crippen LogP contribution in [0.1, 0.15) is 36.1 Å². The molecule has 1 amide bonds. The number of halogens is 3. The Hall–Kier alpha value is -3.91. The molecule has 1 atom stereocenters. The molecule has 0 unspecified atom stereocenters. The number of piperidine rings is 1. The molecule has 0 spiro atoms. The summed E-state index contributed by atoms with van der Waals surface area (Å²) in [6, 6.07) is 12.7. The highest BCUT2D eigenvalue weighted by molar-refractivity contribution is 5.88. The van der Waals surface area contributed by atoms with Gasteiger partial charge in [0.15, 0.2) is 0 Å². The molecule has 11 heteroatoms. The number of likely N-dealkylation sites (N-methyl/N-ethyl adjacent to an activating group) is 1. The third kappa shape index (κ3) is 5.21. The molecule has 2 aliphatic rings. The number of likely N-dealkylation sites (tertiary alicyclic amines) is 1. The van der Waals surface area contributed by atoms with E-state index >= 15 is 0 Å². The van der Waals surface area contributed by atoms with Crippen molar-refractivity contribution >= 4 is 11.6 Å². The standard InChI is InChI=1S/C28H30F3N7O/c1-36-13-9-21(18-36)33-26(39)27(25-8-6-22(34-35-25)24-4-3-12-37(24)2)10-14-38(15-11-27)23-7-5-20(28(29,30)31)16-19(23)17-32/h3-8,12,16,21H,9-11,13-15,18H2,1-2H3,(H,33,39)/t21-/m0/s1. The van der Waals surface area contributed by atoms with Crippen molar-refractivity contribution in [1.82, 2.24) is 25.0 Å². The second-order valence-electron chi connectivity index (χ2n) is 10.4. The van der Waals surface area contributed by atoms with Gasteiger partial charge in [-0.15, -0.1) is 5.10 Å². The molecule has 39 heavy (non-hydrogen) atoms. The average Bonchev–Trinajstić information content (AvgIpc) is 3.55. The molecule has 8 nitrogen and oxygen atoms in total. The minimum absolute atomic E-state index is 0.0353. The number of hydrogen-bond acceptors (Lipinski definition) is 6. The highest BCUT2D eigenvalue weighted by Crippen LogP contribution is 2.39. The van der Waals surface area contributed by atoms with E-state index in [0.717, 1.165) is 37.3 Å². The van der Waals surface area contributed by atoms with E-state index in [0.29, 0.717) is 43.0 Å². The SMILES string of the molecule is CN1CC[C@H](NC(=O)C2(c3ccc(-c4cccn4C)nn3)CCN(c3ccc(C(F)(F)F)cc3C#N)CC2)C1. The molecule has 2 aliphatic heterocycles. The normalized spacial score (nSPS) is 19.6. The zero-order valence-corrected chi connectivity index (χ0v) is 21.9. The Morgan fingerprint density at radius 1 is 1.10 bits per heavy atom. The maximum absolute atomic E-state index is 13.9. The number of carbonyl (C=O) groups is 1. The van der Waals surface area contributed by atoms with Crippen LogP contribution >= 0.6 is 0 Å². The van der Waals surface area contributed by atoms with Crippen LogP contribution in [0, 0.1) is 11.3 Å². The van der Waals surface area contributed by atoms with Crippen molar-refractivity contribution in [2.24, 2.45) is 7.05 Å². The summed E-state index contributed by atoms with van der Waals surface area (Å²) in [6.07, 6.45) is -0.987. The van der Waals surface area contributed by atoms with Gasteiger partial charge in [0.1, 0.15) is 11.8 Å². The number of rotatable bonds is 5. The largest absolute Gasteiger partial charge is 0.416 e. The summed E-state index contributed by atoms with van der Waals surface area (Å²) in [4.78, 5) is 17.9. The lowest BCUT2D eigenvalue weighted by Crippen LogP contribution is -2.54. The van der Waals surface area contributed by atoms with Crippen molar-refractivity contribution in [3.8, 4) is 17.5 Å². The van der Waals surface area contributed by atoms with Gasteiger partial charge in [0, 0.05) is 38.9 Å². The fourth-order valence-corrected chi connectivity index (χ4v) is 5.63. The Morgan fingerprint density at radius 3 is 2.44 bits per heavy atom. The molecule has 1 aromatic carbocycles. The number of aryl methyl sites for hydroxylation is 1. The van der Waals surface area contributed by atoms with E-state index in [9.17, 15) is 23.2 Å². The molecule has 1 N–H and O–H groups in total. The Balaban J connectivity index is 1.43. The second-order valence-corrected chi connectivity index (χ2v) is 10.4. The Morgan fingerprint density at radius 2 is 1.87 bits per heavy atom. The van der Waals surface area contributed by atoms with E-state index in [-0.39, 0.29) is 17.5 Å². The second kappa shape index (κ2) is 10.3. The van der Waals surface area contributed by atoms with Crippen LogP contribution < -0.4 is 10.2 Å². The van der Waals surface area contributed by atoms with E-state index in [1.54, 1.807) is 0 Å². The molecule has 2 fully saturated rings. The monoisotopic (exact) mass is 537 g/mol. The summed E-state index contributed by atoms with van der Waals surface area (Å²) >= 11 is 0. The quantitative estimate of drug-likeness (QED) is 0.534. The predicted molar refractivity (Wildman–Crippen MR) is 140 cm³/mol. The fraction of sp³-hybridized carbons (Fsp3) is 0.429. The zero-order valence-electron chi connectivity index (χ0n) is 21.9. The van der Waals surface area contributed by atoms with Crippen molar-refractivity contribution in [3.05, 3.63) is 65.5 Å². The van der Waals surface area contributed by atoms with Gasteiger partial charge in [0.05, 0.1) is 33.6 Å². The van der Waals surface area contributed by atoms with Crippen molar-refractivity contribution in [1.29, 1.82) is 5.26 Å². The summed E-state index contributed by atoms with van der Waals surface area (Å²) in [5, 5.41) is 21.8. The van der Waals surface area contributed by atoms with Crippen molar-refractivity contribution in [2.75, 3.05) is 38.1 Å². The molecule has 2 saturated heterocycles. The fourth-order valence-electron chi connectivity index (χ4n) is 5.63. The number of carbonyl (C=O) groups excluding carboxylic acids is 1. The minimum Gasteiger partial charge on any atom is -0.370 e. The lowest BCUT2D eigenvalue weighted by atomic mass is 9.74. The highest BCUT2D eigenvalue weighted by atomic mass is 19.4. The molecule has 0 bridgehead atoms. The van der Waals surface area contributed by atoms with Gasteiger partial charge in [0.2, 0.25) is 5.91 Å². The number of anilines is 1. The number of amides is 1. The molecule has 204 valence electrons. The predicted octanol–water partition coefficient (Wildman–Crippen LogP) is 3.73. The van der Waals surface area contributed by atoms with Gasteiger partial charge in [-0.1, -0.05) is 0 Å². The maximum atomic E-state index is 13.9. The van der Waals surface area contributed by atoms with Gasteiger partial charge in [-0.05, 0) is 75.3 Å². The topological polar surface area (TPSA) is 90.1 Å². The first kappa shape index (κ1) is 26.7. The molecular weight excluding hydrogens is 507 g/mol. The Kier molecular flexibility index (Phi) is 7.07. The van der Waals surface area contributed by atoms with Gasteiger partial charge in [0.25, 0.3) is 0 Å². The van der Waals surface area contributed by atoms with E-state index < -0.39 is 17.2 Å². The van der Waals surface area contributed by atoms with Crippen LogP contribution in [0.2, 0.25) is 0 Å². The van der Waals surface area contributed by atoms with Gasteiger partial charge in [-0.2, -0.15) is 23.5 Å². The molecule has 4 heterocycles. The summed E-state index contributed by atoms with van der Waals surface area (Å²) in [6.45, 7) is 2.42. The minimum atomic E-state index is -4.53. The Bertz CT molecular complexity index is 1390. The smallest absolute Gasteiger partial charge is 0.370 e. The van der Waals surface area contributed by atoms with Crippen LogP contribution in [0.5, 0.6) is 0 Å². The molecule has 5 rings (SSSR count). The van der Waals surface area contributed by atoms with E-state index in [1.807, 2.05) is 60.1 Å². The van der Waals surface area contributed by atoms with Gasteiger partial charge in [-0.25, -0.2) is 0 Å². The number of aromatic nitrogens is 3. The summed E-state index contributed by atoms with van der Waals surface area (Å²) in [5.41, 5.74) is 0.753. The number of nitrogens with one attached hydrogen (secondary N) is 1. The van der Waals surface area contributed by atoms with Crippen LogP contribution in [0.3, 0.4) is 0 Å². The van der Waals surface area contributed by atoms with Crippen LogP contribution in [-0.2, 0) is 23.4 Å². The van der Waals surface area contributed by atoms with Gasteiger partial charge < -0.3 is 19.7 Å². The first-order valence-corrected chi connectivity index (χ1v) is 12.9. The molecular formula is C28H30F3N7O. The van der Waals surface area contributed by atoms with Gasteiger partial charge in [-0.3, -0.25) is 4.79 Å². The summed E-state index contributed by atoms with van der Waals surface area (Å²) < 4.78 is 41.6. The number of alkyl halides is 3. The average molecular weight is 538 g/mol. The summed E-state index contributed by atoms with van der Waals surface area (Å²) in [7, 11) is 3.94. The van der Waals surface area contributed by atoms with Crippen LogP contribution in [0.4, 0.5) is 18.9 Å². The van der Waals surface area contributed by atoms with Crippen molar-refractivity contribution in [3.63, 3.8) is 0 Å². The number of nitriles is 1. The first-order chi connectivity index (χ1) is 18.6. The summed E-state index contributed by atoms with van der Waals surface area (Å²) in [5.74, 6) is -0.115. The number of hydrogen-bond donors (Lipinski definition) is 1. The Labute approximate surface area is 225 Å². The zero-order chi connectivity index (χ0) is 27.8. The molecule has 0 aliphatic carbocycles. The third-order valence-corrected chi connectivity index (χ3v) is 7.92. The van der Waals surface area contributed by atoms with Crippen LogP contribution in [0.15, 0.2) is 48.7 Å². The van der Waals surface area contributed by atoms with E-state index in [1.165, 1.54) is 6.07 Å². The lowest BCUT2D eigenvalue weighted by Gasteiger charge is -2.41. The van der Waals surface area contributed by atoms with Crippen molar-refractivity contribution in [2.45, 2.75) is 36.9 Å². The molecule has 0 radical (unpaired) electrons. The molecule has 2 aromatic heterocycles. The van der Waals surface area contributed by atoms with E-state index in [2.05, 4.69) is 20.4 Å². The third-order valence-electron chi connectivity index (χ3n) is 7.92. The van der Waals surface area contributed by atoms with Crippen molar-refractivity contribution < 1.29 is 18.0 Å².